The van der Waals surface area contributed by atoms with E-state index in [1.54, 1.807) is 6.07 Å². The van der Waals surface area contributed by atoms with Gasteiger partial charge in [-0.2, -0.15) is 0 Å². The van der Waals surface area contributed by atoms with Crippen LogP contribution in [-0.4, -0.2) is 25.2 Å². The molecule has 26 heavy (non-hydrogen) atoms. The molecule has 0 unspecified atom stereocenters. The normalized spacial score (nSPS) is 33.3. The summed E-state index contributed by atoms with van der Waals surface area (Å²) in [4.78, 5) is 4.88. The van der Waals surface area contributed by atoms with E-state index in [1.165, 1.54) is 18.9 Å². The Bertz CT molecular complexity index is 729. The highest BCUT2D eigenvalue weighted by Crippen LogP contribution is 2.51. The number of halogens is 1. The first-order valence-electron chi connectivity index (χ1n) is 9.70. The highest BCUT2D eigenvalue weighted by Gasteiger charge is 2.52. The minimum Gasteiger partial charge on any atom is -0.493 e. The van der Waals surface area contributed by atoms with Gasteiger partial charge in [-0.15, -0.1) is 0 Å². The van der Waals surface area contributed by atoms with Gasteiger partial charge in [-0.05, 0) is 62.6 Å². The highest BCUT2D eigenvalue weighted by atomic mass is 19.1. The first-order chi connectivity index (χ1) is 12.3. The zero-order valence-electron chi connectivity index (χ0n) is 15.9. The fraction of sp³-hybridized carbons (Fsp3) is 0.667. The number of ether oxygens (including phenoxy) is 2. The number of aliphatic imine (C=N–C) groups is 1. The third kappa shape index (κ3) is 3.11. The Morgan fingerprint density at radius 2 is 2.12 bits per heavy atom. The maximum Gasteiger partial charge on any atom is 0.129 e. The highest BCUT2D eigenvalue weighted by molar-refractivity contribution is 5.87. The van der Waals surface area contributed by atoms with E-state index in [1.807, 2.05) is 6.07 Å². The lowest BCUT2D eigenvalue weighted by Crippen LogP contribution is -2.54. The average molecular weight is 360 g/mol. The SMILES string of the molecule is C[C@@H]1C[C@H]2CC(C)(C)C(N)=N[C@@]2(c2cc(OCC3CC3)ccc2F)CO1. The van der Waals surface area contributed by atoms with Gasteiger partial charge in [0.1, 0.15) is 22.9 Å². The van der Waals surface area contributed by atoms with Gasteiger partial charge >= 0.3 is 0 Å². The van der Waals surface area contributed by atoms with E-state index in [4.69, 9.17) is 20.2 Å². The monoisotopic (exact) mass is 360 g/mol. The molecule has 3 aliphatic rings. The lowest BCUT2D eigenvalue weighted by Gasteiger charge is -2.50. The Morgan fingerprint density at radius 3 is 2.85 bits per heavy atom. The van der Waals surface area contributed by atoms with E-state index in [0.29, 0.717) is 36.3 Å². The average Bonchev–Trinajstić information content (AvgIpc) is 3.40. The molecule has 2 heterocycles. The maximum absolute atomic E-state index is 14.9. The molecule has 142 valence electrons. The minimum absolute atomic E-state index is 0.149. The molecule has 0 spiro atoms. The molecule has 5 heteroatoms. The topological polar surface area (TPSA) is 56.8 Å². The number of fused-ring (bicyclic) bond motifs is 1. The van der Waals surface area contributed by atoms with E-state index < -0.39 is 5.54 Å². The predicted octanol–water partition coefficient (Wildman–Crippen LogP) is 4.02. The summed E-state index contributed by atoms with van der Waals surface area (Å²) in [6.45, 7) is 7.36. The first-order valence-corrected chi connectivity index (χ1v) is 9.70. The summed E-state index contributed by atoms with van der Waals surface area (Å²) in [6, 6.07) is 5.02. The van der Waals surface area contributed by atoms with Crippen LogP contribution in [0.3, 0.4) is 0 Å². The Morgan fingerprint density at radius 1 is 1.35 bits per heavy atom. The zero-order chi connectivity index (χ0) is 18.5. The van der Waals surface area contributed by atoms with Gasteiger partial charge in [-0.3, -0.25) is 4.99 Å². The number of benzene rings is 1. The molecule has 0 bridgehead atoms. The van der Waals surface area contributed by atoms with Crippen molar-refractivity contribution >= 4 is 5.84 Å². The molecule has 1 aliphatic carbocycles. The molecule has 1 saturated carbocycles. The van der Waals surface area contributed by atoms with E-state index in [2.05, 4.69) is 20.8 Å². The van der Waals surface area contributed by atoms with E-state index >= 15 is 0 Å². The van der Waals surface area contributed by atoms with Crippen molar-refractivity contribution in [3.8, 4) is 5.75 Å². The number of nitrogens with zero attached hydrogens (tertiary/aromatic N) is 1. The van der Waals surface area contributed by atoms with Gasteiger partial charge in [0.15, 0.2) is 0 Å². The molecule has 2 N–H and O–H groups in total. The van der Waals surface area contributed by atoms with Crippen LogP contribution >= 0.6 is 0 Å². The minimum atomic E-state index is -0.755. The third-order valence-electron chi connectivity index (χ3n) is 6.24. The van der Waals surface area contributed by atoms with Crippen molar-refractivity contribution in [2.24, 2.45) is 28.0 Å². The fourth-order valence-corrected chi connectivity index (χ4v) is 4.30. The molecule has 2 aliphatic heterocycles. The molecule has 3 atom stereocenters. The van der Waals surface area contributed by atoms with Crippen LogP contribution in [0.1, 0.15) is 52.0 Å². The second kappa shape index (κ2) is 6.22. The van der Waals surface area contributed by atoms with Gasteiger partial charge in [0.25, 0.3) is 0 Å². The second-order valence-corrected chi connectivity index (χ2v) is 8.96. The van der Waals surface area contributed by atoms with Crippen LogP contribution in [0.5, 0.6) is 5.75 Å². The van der Waals surface area contributed by atoms with Gasteiger partial charge in [0, 0.05) is 11.0 Å². The van der Waals surface area contributed by atoms with Crippen LogP contribution in [0.2, 0.25) is 0 Å². The molecule has 4 nitrogen and oxygen atoms in total. The molecule has 4 rings (SSSR count). The lowest BCUT2D eigenvalue weighted by molar-refractivity contribution is -0.0657. The van der Waals surface area contributed by atoms with Gasteiger partial charge in [-0.25, -0.2) is 4.39 Å². The van der Waals surface area contributed by atoms with Crippen molar-refractivity contribution in [1.82, 2.24) is 0 Å². The Kier molecular flexibility index (Phi) is 4.25. The molecule has 0 radical (unpaired) electrons. The molecule has 1 saturated heterocycles. The smallest absolute Gasteiger partial charge is 0.129 e. The van der Waals surface area contributed by atoms with Crippen molar-refractivity contribution in [3.05, 3.63) is 29.6 Å². The number of amidine groups is 1. The van der Waals surface area contributed by atoms with Crippen LogP contribution in [0.4, 0.5) is 4.39 Å². The quantitative estimate of drug-likeness (QED) is 0.882. The van der Waals surface area contributed by atoms with Crippen LogP contribution in [-0.2, 0) is 10.3 Å². The summed E-state index contributed by atoms with van der Waals surface area (Å²) < 4.78 is 26.8. The lowest BCUT2D eigenvalue weighted by atomic mass is 9.65. The molecular formula is C21H29FN2O2. The van der Waals surface area contributed by atoms with Crippen molar-refractivity contribution in [1.29, 1.82) is 0 Å². The third-order valence-corrected chi connectivity index (χ3v) is 6.24. The number of rotatable bonds is 4. The van der Waals surface area contributed by atoms with Crippen molar-refractivity contribution in [2.75, 3.05) is 13.2 Å². The Labute approximate surface area is 155 Å². The van der Waals surface area contributed by atoms with Gasteiger partial charge < -0.3 is 15.2 Å². The number of hydrogen-bond donors (Lipinski definition) is 1. The molecular weight excluding hydrogens is 331 g/mol. The zero-order valence-corrected chi connectivity index (χ0v) is 15.9. The van der Waals surface area contributed by atoms with E-state index in [9.17, 15) is 4.39 Å². The second-order valence-electron chi connectivity index (χ2n) is 8.96. The molecule has 0 aromatic heterocycles. The van der Waals surface area contributed by atoms with Gasteiger partial charge in [-0.1, -0.05) is 13.8 Å². The largest absolute Gasteiger partial charge is 0.493 e. The van der Waals surface area contributed by atoms with Gasteiger partial charge in [0.2, 0.25) is 0 Å². The summed E-state index contributed by atoms with van der Waals surface area (Å²) in [5, 5.41) is 0. The Balaban J connectivity index is 1.74. The molecule has 0 amide bonds. The van der Waals surface area contributed by atoms with Crippen LogP contribution < -0.4 is 10.5 Å². The summed E-state index contributed by atoms with van der Waals surface area (Å²) >= 11 is 0. The van der Waals surface area contributed by atoms with Crippen molar-refractivity contribution in [3.63, 3.8) is 0 Å². The standard InChI is InChI=1S/C21H29FN2O2/c1-13-8-15-10-20(2,3)19(23)24-21(15,12-26-13)17-9-16(6-7-18(17)22)25-11-14-4-5-14/h6-7,9,13-15H,4-5,8,10-12H2,1-3H3,(H2,23,24)/t13-,15+,21+/m1/s1. The summed E-state index contributed by atoms with van der Waals surface area (Å²) in [6.07, 6.45) is 4.33. The van der Waals surface area contributed by atoms with Crippen LogP contribution in [0.15, 0.2) is 23.2 Å². The first kappa shape index (κ1) is 17.8. The maximum atomic E-state index is 14.9. The molecule has 1 aromatic rings. The number of nitrogens with two attached hydrogens (primary N) is 1. The summed E-state index contributed by atoms with van der Waals surface area (Å²) in [7, 11) is 0. The van der Waals surface area contributed by atoms with Gasteiger partial charge in [0.05, 0.1) is 19.3 Å². The summed E-state index contributed by atoms with van der Waals surface area (Å²) in [5.41, 5.74) is 5.94. The van der Waals surface area contributed by atoms with E-state index in [-0.39, 0.29) is 23.3 Å². The Hall–Kier alpha value is -1.62. The molecule has 2 fully saturated rings. The fourth-order valence-electron chi connectivity index (χ4n) is 4.30. The summed E-state index contributed by atoms with van der Waals surface area (Å²) in [5.74, 6) is 1.87. The number of hydrogen-bond acceptors (Lipinski definition) is 4. The predicted molar refractivity (Wildman–Crippen MR) is 99.8 cm³/mol. The van der Waals surface area contributed by atoms with Crippen molar-refractivity contribution in [2.45, 2.75) is 58.1 Å². The molecule has 1 aromatic carbocycles. The van der Waals surface area contributed by atoms with Crippen LogP contribution in [0.25, 0.3) is 0 Å². The van der Waals surface area contributed by atoms with Crippen molar-refractivity contribution < 1.29 is 13.9 Å². The van der Waals surface area contributed by atoms with Crippen LogP contribution in [0, 0.1) is 23.1 Å². The van der Waals surface area contributed by atoms with E-state index in [0.717, 1.165) is 12.8 Å².